The maximum absolute atomic E-state index is 14.3. The lowest BCUT2D eigenvalue weighted by Gasteiger charge is -2.20. The number of benzene rings is 1. The molecule has 0 aliphatic carbocycles. The summed E-state index contributed by atoms with van der Waals surface area (Å²) in [4.78, 5) is 11.1. The molecule has 0 saturated carbocycles. The first-order valence-corrected chi connectivity index (χ1v) is 9.90. The van der Waals surface area contributed by atoms with Crippen LogP contribution in [0.15, 0.2) is 23.1 Å². The van der Waals surface area contributed by atoms with Gasteiger partial charge in [0.25, 0.3) is 0 Å². The lowest BCUT2D eigenvalue weighted by molar-refractivity contribution is -0.146. The minimum atomic E-state index is -3.96. The van der Waals surface area contributed by atoms with Crippen molar-refractivity contribution in [3.63, 3.8) is 0 Å². The van der Waals surface area contributed by atoms with Gasteiger partial charge < -0.3 is 14.6 Å². The number of aliphatic carboxylic acids is 1. The molecule has 9 heteroatoms. The van der Waals surface area contributed by atoms with E-state index in [1.54, 1.807) is 0 Å². The molecule has 2 atom stereocenters. The van der Waals surface area contributed by atoms with E-state index >= 15 is 0 Å². The number of hydrogen-bond acceptors (Lipinski definition) is 5. The molecule has 26 heavy (non-hydrogen) atoms. The molecule has 1 aromatic carbocycles. The van der Waals surface area contributed by atoms with Gasteiger partial charge in [0.2, 0.25) is 10.0 Å². The van der Waals surface area contributed by atoms with Gasteiger partial charge in [-0.2, -0.15) is 4.31 Å². The zero-order chi connectivity index (χ0) is 18.9. The van der Waals surface area contributed by atoms with Crippen LogP contribution in [0.3, 0.4) is 0 Å². The number of halogens is 1. The van der Waals surface area contributed by atoms with Crippen molar-refractivity contribution in [2.45, 2.75) is 24.7 Å². The van der Waals surface area contributed by atoms with Crippen LogP contribution >= 0.6 is 0 Å². The van der Waals surface area contributed by atoms with Crippen molar-refractivity contribution in [1.29, 1.82) is 0 Å². The Balaban J connectivity index is 1.72. The van der Waals surface area contributed by atoms with Crippen molar-refractivity contribution in [3.05, 3.63) is 24.0 Å². The van der Waals surface area contributed by atoms with E-state index in [0.29, 0.717) is 19.8 Å². The van der Waals surface area contributed by atoms with Gasteiger partial charge >= 0.3 is 5.97 Å². The van der Waals surface area contributed by atoms with Crippen LogP contribution in [-0.2, 0) is 19.6 Å². The lowest BCUT2D eigenvalue weighted by atomic mass is 9.90. The number of sulfonamides is 1. The zero-order valence-electron chi connectivity index (χ0n) is 14.5. The summed E-state index contributed by atoms with van der Waals surface area (Å²) >= 11 is 0. The predicted octanol–water partition coefficient (Wildman–Crippen LogP) is 1.73. The minimum absolute atomic E-state index is 0.00681. The molecule has 7 nitrogen and oxygen atoms in total. The number of carboxylic acids is 1. The average molecular weight is 387 g/mol. The van der Waals surface area contributed by atoms with Gasteiger partial charge in [-0.25, -0.2) is 12.8 Å². The van der Waals surface area contributed by atoms with Crippen molar-refractivity contribution < 1.29 is 32.2 Å². The third-order valence-electron chi connectivity index (χ3n) is 4.99. The summed E-state index contributed by atoms with van der Waals surface area (Å²) in [5.74, 6) is -1.60. The molecule has 0 spiro atoms. The molecule has 2 aliphatic heterocycles. The molecule has 2 heterocycles. The molecule has 3 rings (SSSR count). The Morgan fingerprint density at radius 1 is 1.50 bits per heavy atom. The van der Waals surface area contributed by atoms with Crippen LogP contribution in [0.4, 0.5) is 4.39 Å². The largest absolute Gasteiger partial charge is 0.490 e. The molecule has 2 unspecified atom stereocenters. The molecule has 0 bridgehead atoms. The Labute approximate surface area is 151 Å². The van der Waals surface area contributed by atoms with Gasteiger partial charge in [-0.3, -0.25) is 4.79 Å². The summed E-state index contributed by atoms with van der Waals surface area (Å²) in [6.07, 6.45) is 1.07. The molecule has 0 aromatic heterocycles. The van der Waals surface area contributed by atoms with E-state index < -0.39 is 27.2 Å². The van der Waals surface area contributed by atoms with Crippen molar-refractivity contribution in [1.82, 2.24) is 4.31 Å². The zero-order valence-corrected chi connectivity index (χ0v) is 15.3. The van der Waals surface area contributed by atoms with E-state index in [4.69, 9.17) is 9.47 Å². The number of carbonyl (C=O) groups is 1. The van der Waals surface area contributed by atoms with Gasteiger partial charge in [0.05, 0.1) is 23.5 Å². The first kappa shape index (κ1) is 19.1. The van der Waals surface area contributed by atoms with E-state index in [2.05, 4.69) is 0 Å². The van der Waals surface area contributed by atoms with Gasteiger partial charge in [-0.1, -0.05) is 0 Å². The molecule has 2 fully saturated rings. The highest BCUT2D eigenvalue weighted by molar-refractivity contribution is 7.89. The van der Waals surface area contributed by atoms with Crippen molar-refractivity contribution >= 4 is 16.0 Å². The van der Waals surface area contributed by atoms with E-state index in [0.717, 1.165) is 16.8 Å². The quantitative estimate of drug-likeness (QED) is 0.799. The predicted molar refractivity (Wildman–Crippen MR) is 89.9 cm³/mol. The maximum Gasteiger partial charge on any atom is 0.310 e. The van der Waals surface area contributed by atoms with Gasteiger partial charge in [0.15, 0.2) is 11.6 Å². The van der Waals surface area contributed by atoms with E-state index in [1.807, 2.05) is 0 Å². The molecule has 0 amide bonds. The maximum atomic E-state index is 14.3. The number of hydrogen-bond donors (Lipinski definition) is 1. The van der Waals surface area contributed by atoms with Crippen molar-refractivity contribution in [2.24, 2.45) is 11.3 Å². The van der Waals surface area contributed by atoms with Crippen LogP contribution in [0.25, 0.3) is 0 Å². The second-order valence-electron chi connectivity index (χ2n) is 7.09. The van der Waals surface area contributed by atoms with Crippen LogP contribution < -0.4 is 4.74 Å². The van der Waals surface area contributed by atoms with Crippen molar-refractivity contribution in [3.8, 4) is 5.75 Å². The topological polar surface area (TPSA) is 93.1 Å². The van der Waals surface area contributed by atoms with Crippen LogP contribution in [0, 0.1) is 17.2 Å². The highest BCUT2D eigenvalue weighted by Crippen LogP contribution is 2.34. The normalized spacial score (nSPS) is 26.9. The summed E-state index contributed by atoms with van der Waals surface area (Å²) in [5, 5.41) is 9.25. The molecular formula is C17H22FNO6S. The summed E-state index contributed by atoms with van der Waals surface area (Å²) in [5.41, 5.74) is -1.13. The second-order valence-corrected chi connectivity index (χ2v) is 9.03. The average Bonchev–Trinajstić information content (AvgIpc) is 3.24. The standard InChI is InChI=1S/C17H22FNO6S/c1-17(16(20)21)5-6-19(11-17)26(22,23)13-2-3-15(14(18)8-13)25-10-12-4-7-24-9-12/h2-3,8,12H,4-7,9-11H2,1H3,(H,20,21). The molecule has 1 N–H and O–H groups in total. The fourth-order valence-electron chi connectivity index (χ4n) is 3.13. The van der Waals surface area contributed by atoms with Crippen LogP contribution in [0.2, 0.25) is 0 Å². The molecular weight excluding hydrogens is 365 g/mol. The SMILES string of the molecule is CC1(C(=O)O)CCN(S(=O)(=O)c2ccc(OCC3CCOC3)c(F)c2)C1. The fraction of sp³-hybridized carbons (Fsp3) is 0.588. The first-order chi connectivity index (χ1) is 12.2. The second kappa shape index (κ2) is 7.13. The van der Waals surface area contributed by atoms with Gasteiger partial charge in [0.1, 0.15) is 0 Å². The van der Waals surface area contributed by atoms with Gasteiger partial charge in [-0.15, -0.1) is 0 Å². The summed E-state index contributed by atoms with van der Waals surface area (Å²) in [6.45, 7) is 3.02. The Kier molecular flexibility index (Phi) is 5.23. The highest BCUT2D eigenvalue weighted by Gasteiger charge is 2.45. The smallest absolute Gasteiger partial charge is 0.310 e. The Morgan fingerprint density at radius 3 is 2.85 bits per heavy atom. The van der Waals surface area contributed by atoms with Crippen molar-refractivity contribution in [2.75, 3.05) is 32.9 Å². The highest BCUT2D eigenvalue weighted by atomic mass is 32.2. The summed E-state index contributed by atoms with van der Waals surface area (Å²) in [7, 11) is -3.96. The molecule has 1 aromatic rings. The molecule has 2 saturated heterocycles. The monoisotopic (exact) mass is 387 g/mol. The Morgan fingerprint density at radius 2 is 2.27 bits per heavy atom. The number of rotatable bonds is 6. The lowest BCUT2D eigenvalue weighted by Crippen LogP contribution is -2.34. The Hall–Kier alpha value is -1.71. The van der Waals surface area contributed by atoms with E-state index in [1.165, 1.54) is 19.1 Å². The van der Waals surface area contributed by atoms with E-state index in [-0.39, 0.29) is 36.1 Å². The minimum Gasteiger partial charge on any atom is -0.490 e. The number of ether oxygens (including phenoxy) is 2. The number of carboxylic acid groups (broad SMARTS) is 1. The molecule has 144 valence electrons. The summed E-state index contributed by atoms with van der Waals surface area (Å²) < 4.78 is 51.4. The van der Waals surface area contributed by atoms with Gasteiger partial charge in [-0.05, 0) is 38.0 Å². The number of nitrogens with zero attached hydrogens (tertiary/aromatic N) is 1. The van der Waals surface area contributed by atoms with Crippen LogP contribution in [0.1, 0.15) is 19.8 Å². The van der Waals surface area contributed by atoms with E-state index in [9.17, 15) is 22.7 Å². The van der Waals surface area contributed by atoms with Crippen LogP contribution in [0.5, 0.6) is 5.75 Å². The first-order valence-electron chi connectivity index (χ1n) is 8.46. The summed E-state index contributed by atoms with van der Waals surface area (Å²) in [6, 6.07) is 3.51. The molecule has 0 radical (unpaired) electrons. The van der Waals surface area contributed by atoms with Gasteiger partial charge in [0, 0.05) is 25.6 Å². The van der Waals surface area contributed by atoms with Crippen LogP contribution in [-0.4, -0.2) is 56.7 Å². The Bertz CT molecular complexity index is 792. The fourth-order valence-corrected chi connectivity index (χ4v) is 4.71. The third kappa shape index (κ3) is 3.70. The molecule has 2 aliphatic rings. The third-order valence-corrected chi connectivity index (χ3v) is 6.84.